The summed E-state index contributed by atoms with van der Waals surface area (Å²) in [6, 6.07) is 10.8. The number of carbonyl (C=O) groups excluding carboxylic acids is 3. The number of β-amino-alcohol motifs (C(OH)–C–C–N with tert-alkyl or cyclic N) is 1. The number of unbranched alkanes of at least 4 members (excludes halogenated alkanes) is 1. The smallest absolute Gasteiger partial charge is 0.420 e. The highest BCUT2D eigenvalue weighted by Crippen LogP contribution is 2.43. The fourth-order valence-corrected chi connectivity index (χ4v) is 9.66. The lowest BCUT2D eigenvalue weighted by molar-refractivity contribution is -0.144. The SMILES string of the molecule is COc1cc(OCCCCOCCOCC(=O)N[C@H](C(=O)N2C[C@H](O)C[C@H]2C(=O)NCc2ccc(-c3scnc3C)cc2)C(C)(C)C)ncc1N1C(=S)N(c2ccc(C#N)c(C(F)(F)F)c2F)CC1(C)C. The van der Waals surface area contributed by atoms with Crippen LogP contribution in [0.5, 0.6) is 11.6 Å². The van der Waals surface area contributed by atoms with E-state index in [1.807, 2.05) is 31.2 Å². The number of aryl methyl sites for hydroxylation is 1. The van der Waals surface area contributed by atoms with Crippen molar-refractivity contribution < 1.29 is 56.0 Å². The first kappa shape index (κ1) is 54.3. The zero-order valence-corrected chi connectivity index (χ0v) is 42.2. The monoisotopic (exact) mass is 1030 g/mol. The van der Waals surface area contributed by atoms with Crippen molar-refractivity contribution in [1.29, 1.82) is 5.26 Å². The van der Waals surface area contributed by atoms with Gasteiger partial charge in [-0.15, -0.1) is 11.3 Å². The van der Waals surface area contributed by atoms with Crippen LogP contribution >= 0.6 is 23.6 Å². The van der Waals surface area contributed by atoms with E-state index in [1.54, 1.807) is 62.4 Å². The Morgan fingerprint density at radius 1 is 1.03 bits per heavy atom. The van der Waals surface area contributed by atoms with Gasteiger partial charge in [-0.05, 0) is 74.5 Å². The molecule has 382 valence electrons. The predicted octanol–water partition coefficient (Wildman–Crippen LogP) is 6.94. The zero-order valence-electron chi connectivity index (χ0n) is 40.5. The number of aromatic nitrogens is 2. The van der Waals surface area contributed by atoms with Crippen LogP contribution in [0, 0.1) is 29.5 Å². The number of benzene rings is 2. The minimum Gasteiger partial charge on any atom is -0.494 e. The molecule has 2 aromatic heterocycles. The lowest BCUT2D eigenvalue weighted by atomic mass is 9.85. The Bertz CT molecular complexity index is 2600. The number of rotatable bonds is 20. The molecule has 4 aromatic rings. The van der Waals surface area contributed by atoms with Crippen LogP contribution < -0.4 is 29.9 Å². The maximum atomic E-state index is 15.4. The van der Waals surface area contributed by atoms with Crippen LogP contribution in [-0.2, 0) is 36.6 Å². The van der Waals surface area contributed by atoms with Gasteiger partial charge in [-0.25, -0.2) is 14.4 Å². The largest absolute Gasteiger partial charge is 0.494 e. The lowest BCUT2D eigenvalue weighted by Gasteiger charge is -2.35. The molecule has 71 heavy (non-hydrogen) atoms. The number of nitrogens with zero attached hydrogens (tertiary/aromatic N) is 6. The average Bonchev–Trinajstić information content (AvgIpc) is 4.00. The summed E-state index contributed by atoms with van der Waals surface area (Å²) in [5.74, 6) is -2.46. The van der Waals surface area contributed by atoms with E-state index < -0.39 is 75.7 Å². The molecule has 6 rings (SSSR count). The van der Waals surface area contributed by atoms with E-state index in [4.69, 9.17) is 31.2 Å². The predicted molar refractivity (Wildman–Crippen MR) is 261 cm³/mol. The van der Waals surface area contributed by atoms with E-state index in [2.05, 4.69) is 20.6 Å². The van der Waals surface area contributed by atoms with Gasteiger partial charge in [-0.1, -0.05) is 45.0 Å². The van der Waals surface area contributed by atoms with Crippen LogP contribution in [0.1, 0.15) is 76.3 Å². The Morgan fingerprint density at radius 3 is 2.38 bits per heavy atom. The maximum Gasteiger partial charge on any atom is 0.420 e. The summed E-state index contributed by atoms with van der Waals surface area (Å²) in [5, 5.41) is 25.4. The Kier molecular flexibility index (Phi) is 17.6. The highest BCUT2D eigenvalue weighted by Gasteiger charge is 2.47. The molecule has 2 aromatic carbocycles. The van der Waals surface area contributed by atoms with Gasteiger partial charge in [0.25, 0.3) is 0 Å². The maximum absolute atomic E-state index is 15.4. The van der Waals surface area contributed by atoms with Crippen molar-refractivity contribution >= 4 is 57.8 Å². The molecule has 0 spiro atoms. The number of thiazole rings is 1. The molecular weight excluding hydrogens is 969 g/mol. The molecule has 0 bridgehead atoms. The van der Waals surface area contributed by atoms with Gasteiger partial charge in [0.05, 0.1) is 78.2 Å². The van der Waals surface area contributed by atoms with E-state index in [-0.39, 0.29) is 63.5 Å². The minimum atomic E-state index is -5.10. The van der Waals surface area contributed by atoms with Gasteiger partial charge in [0, 0.05) is 38.7 Å². The summed E-state index contributed by atoms with van der Waals surface area (Å²) < 4.78 is 79.5. The second-order valence-corrected chi connectivity index (χ2v) is 20.0. The van der Waals surface area contributed by atoms with Crippen molar-refractivity contribution in [1.82, 2.24) is 25.5 Å². The highest BCUT2D eigenvalue weighted by molar-refractivity contribution is 7.80. The molecule has 3 amide bonds. The van der Waals surface area contributed by atoms with E-state index in [0.29, 0.717) is 30.9 Å². The summed E-state index contributed by atoms with van der Waals surface area (Å²) in [6.45, 7) is 11.7. The van der Waals surface area contributed by atoms with Crippen molar-refractivity contribution in [2.75, 3.05) is 63.0 Å². The number of anilines is 2. The number of ether oxygens (including phenoxy) is 4. The molecule has 0 radical (unpaired) electrons. The fourth-order valence-electron chi connectivity index (χ4n) is 8.34. The summed E-state index contributed by atoms with van der Waals surface area (Å²) >= 11 is 7.23. The number of aliphatic hydroxyl groups excluding tert-OH is 1. The molecule has 4 heterocycles. The number of nitrogens with one attached hydrogen (secondary N) is 2. The van der Waals surface area contributed by atoms with Crippen molar-refractivity contribution in [2.24, 2.45) is 5.41 Å². The first-order valence-electron chi connectivity index (χ1n) is 22.8. The second kappa shape index (κ2) is 23.0. The number of aliphatic hydroxyl groups is 1. The van der Waals surface area contributed by atoms with Crippen LogP contribution in [-0.4, -0.2) is 120 Å². The molecule has 2 fully saturated rings. The first-order valence-corrected chi connectivity index (χ1v) is 24.1. The number of alkyl halides is 3. The Balaban J connectivity index is 0.905. The fraction of sp³-hybridized carbons (Fsp3) is 0.490. The topological polar surface area (TPSA) is 192 Å². The molecule has 0 unspecified atom stereocenters. The van der Waals surface area contributed by atoms with E-state index in [1.165, 1.54) is 29.2 Å². The molecule has 16 nitrogen and oxygen atoms in total. The van der Waals surface area contributed by atoms with Gasteiger partial charge < -0.3 is 49.4 Å². The number of thiocarbonyl (C=S) groups is 1. The van der Waals surface area contributed by atoms with Gasteiger partial charge in [-0.3, -0.25) is 14.4 Å². The van der Waals surface area contributed by atoms with E-state index in [9.17, 15) is 37.9 Å². The van der Waals surface area contributed by atoms with Crippen LogP contribution in [0.3, 0.4) is 0 Å². The van der Waals surface area contributed by atoms with Crippen molar-refractivity contribution in [2.45, 2.75) is 97.3 Å². The minimum absolute atomic E-state index is 0.00450. The molecule has 0 saturated carbocycles. The van der Waals surface area contributed by atoms with Crippen molar-refractivity contribution in [3.05, 3.63) is 82.4 Å². The van der Waals surface area contributed by atoms with Crippen LogP contribution in [0.2, 0.25) is 0 Å². The van der Waals surface area contributed by atoms with Crippen LogP contribution in [0.25, 0.3) is 10.4 Å². The number of methoxy groups -OCH3 is 1. The average molecular weight is 1030 g/mol. The van der Waals surface area contributed by atoms with Gasteiger partial charge >= 0.3 is 6.18 Å². The molecule has 3 atom stereocenters. The number of likely N-dealkylation sites (tertiary alicyclic amines) is 1. The Hall–Kier alpha value is -5.99. The third kappa shape index (κ3) is 13.1. The van der Waals surface area contributed by atoms with Crippen LogP contribution in [0.15, 0.2) is 54.2 Å². The van der Waals surface area contributed by atoms with Gasteiger partial charge in [-0.2, -0.15) is 18.4 Å². The molecule has 2 aliphatic rings. The molecular formula is C49H58F4N8O8S2. The molecule has 22 heteroatoms. The van der Waals surface area contributed by atoms with Crippen LogP contribution in [0.4, 0.5) is 28.9 Å². The van der Waals surface area contributed by atoms with Gasteiger partial charge in [0.2, 0.25) is 23.6 Å². The molecule has 2 saturated heterocycles. The number of nitriles is 1. The number of amides is 3. The quantitative estimate of drug-likeness (QED) is 0.0469. The second-order valence-electron chi connectivity index (χ2n) is 18.8. The summed E-state index contributed by atoms with van der Waals surface area (Å²) in [5.41, 5.74) is 0.513. The van der Waals surface area contributed by atoms with Gasteiger partial charge in [0.15, 0.2) is 10.9 Å². The molecule has 3 N–H and O–H groups in total. The van der Waals surface area contributed by atoms with Crippen molar-refractivity contribution in [3.8, 4) is 28.1 Å². The molecule has 0 aliphatic carbocycles. The number of halogens is 4. The Labute approximate surface area is 419 Å². The summed E-state index contributed by atoms with van der Waals surface area (Å²) in [4.78, 5) is 54.4. The number of pyridine rings is 1. The van der Waals surface area contributed by atoms with Crippen molar-refractivity contribution in [3.63, 3.8) is 0 Å². The summed E-state index contributed by atoms with van der Waals surface area (Å²) in [7, 11) is 1.42. The van der Waals surface area contributed by atoms with E-state index >= 15 is 4.39 Å². The highest BCUT2D eigenvalue weighted by atomic mass is 32.1. The third-order valence-corrected chi connectivity index (χ3v) is 13.3. The standard InChI is InChI=1S/C49H58F4N8O8S2/c1-29-42(71-28-57-29)31-12-10-30(11-13-31)23-56-44(64)35-20-33(62)25-59(35)45(65)43(47(2,3)4)58-38(63)26-68-19-18-67-16-8-9-17-69-39-21-37(66-7)36(24-55-39)61-46(70)60(27-48(61,5)6)34-15-14-32(22-54)40(41(34)50)49(51,52)53/h10-15,21,24,28,33,35,43,62H,8-9,16-20,23,25-27H2,1-7H3,(H,56,64)(H,58,63)/t33-,35+,43-/m1/s1. The third-order valence-electron chi connectivity index (χ3n) is 11.9. The molecule has 2 aliphatic heterocycles. The van der Waals surface area contributed by atoms with E-state index in [0.717, 1.165) is 33.8 Å². The normalized spacial score (nSPS) is 17.3. The number of hydrogen-bond donors (Lipinski definition) is 3. The number of carbonyl (C=O) groups is 3. The zero-order chi connectivity index (χ0) is 51.8. The summed E-state index contributed by atoms with van der Waals surface area (Å²) in [6.07, 6.45) is -3.29. The first-order chi connectivity index (χ1) is 33.5. The Morgan fingerprint density at radius 2 is 1.73 bits per heavy atom. The van der Waals surface area contributed by atoms with Gasteiger partial charge in [0.1, 0.15) is 35.7 Å². The lowest BCUT2D eigenvalue weighted by Crippen LogP contribution is -2.58. The number of hydrogen-bond acceptors (Lipinski definition) is 13.